The molecule has 3 rings (SSSR count). The molecule has 1 aliphatic heterocycles. The zero-order chi connectivity index (χ0) is 22.0. The van der Waals surface area contributed by atoms with Crippen molar-refractivity contribution in [1.82, 2.24) is 4.57 Å². The maximum atomic E-state index is 15.3. The van der Waals surface area contributed by atoms with Crippen LogP contribution in [0.3, 0.4) is 0 Å². The Labute approximate surface area is 175 Å². The van der Waals surface area contributed by atoms with E-state index in [1.54, 1.807) is 17.7 Å². The molecule has 7 heteroatoms. The molecular weight excluding hydrogens is 389 g/mol. The summed E-state index contributed by atoms with van der Waals surface area (Å²) in [6, 6.07) is 3.47. The van der Waals surface area contributed by atoms with E-state index in [2.05, 4.69) is 0 Å². The summed E-state index contributed by atoms with van der Waals surface area (Å²) in [5.41, 5.74) is 0.648. The normalized spacial score (nSPS) is 15.0. The smallest absolute Gasteiger partial charge is 0.228 e. The highest BCUT2D eigenvalue weighted by atomic mass is 19.1. The fourth-order valence-electron chi connectivity index (χ4n) is 3.90. The Morgan fingerprint density at radius 1 is 1.23 bits per heavy atom. The maximum Gasteiger partial charge on any atom is 0.228 e. The van der Waals surface area contributed by atoms with Gasteiger partial charge in [0.25, 0.3) is 0 Å². The molecule has 0 N–H and O–H groups in total. The number of Topliss-reactive ketones (excluding diaryl/α,β-unsaturated/α-hetero) is 1. The number of carbonyl (C=O) groups excluding carboxylic acids is 1. The highest BCUT2D eigenvalue weighted by Gasteiger charge is 2.32. The van der Waals surface area contributed by atoms with Crippen molar-refractivity contribution in [3.05, 3.63) is 45.5 Å². The van der Waals surface area contributed by atoms with Gasteiger partial charge < -0.3 is 18.8 Å². The van der Waals surface area contributed by atoms with Crippen LogP contribution in [0, 0.1) is 11.7 Å². The average Bonchev–Trinajstić information content (AvgIpc) is 2.71. The Kier molecular flexibility index (Phi) is 6.61. The number of halogens is 1. The van der Waals surface area contributed by atoms with Crippen LogP contribution in [0.1, 0.15) is 49.2 Å². The summed E-state index contributed by atoms with van der Waals surface area (Å²) in [7, 11) is 3.16. The van der Waals surface area contributed by atoms with Gasteiger partial charge in [0.1, 0.15) is 0 Å². The minimum atomic E-state index is -0.912. The van der Waals surface area contributed by atoms with Crippen LogP contribution in [0.25, 0.3) is 11.3 Å². The lowest BCUT2D eigenvalue weighted by Crippen LogP contribution is -2.30. The number of hydrogen-bond acceptors (Lipinski definition) is 5. The van der Waals surface area contributed by atoms with Gasteiger partial charge in [0, 0.05) is 37.9 Å². The lowest BCUT2D eigenvalue weighted by molar-refractivity contribution is 0.101. The molecule has 0 amide bonds. The Balaban J connectivity index is 2.17. The molecule has 0 spiro atoms. The summed E-state index contributed by atoms with van der Waals surface area (Å²) < 4.78 is 33.4. The first-order chi connectivity index (χ1) is 14.3. The van der Waals surface area contributed by atoms with Crippen LogP contribution >= 0.6 is 0 Å². The first-order valence-corrected chi connectivity index (χ1v) is 10.1. The van der Waals surface area contributed by atoms with E-state index in [1.165, 1.54) is 20.2 Å². The van der Waals surface area contributed by atoms with Crippen LogP contribution in [-0.4, -0.2) is 37.8 Å². The molecule has 0 bridgehead atoms. The number of aromatic nitrogens is 1. The highest BCUT2D eigenvalue weighted by Crippen LogP contribution is 2.43. The summed E-state index contributed by atoms with van der Waals surface area (Å²) in [5.74, 6) is -0.161. The van der Waals surface area contributed by atoms with Crippen molar-refractivity contribution >= 4 is 5.78 Å². The topological polar surface area (TPSA) is 66.8 Å². The number of rotatable bonds is 8. The number of hydrogen-bond donors (Lipinski definition) is 0. The molecule has 1 aromatic heterocycles. The summed E-state index contributed by atoms with van der Waals surface area (Å²) in [6.45, 7) is 6.40. The third kappa shape index (κ3) is 3.99. The second kappa shape index (κ2) is 9.00. The van der Waals surface area contributed by atoms with E-state index in [-0.39, 0.29) is 23.2 Å². The third-order valence-corrected chi connectivity index (χ3v) is 5.51. The summed E-state index contributed by atoms with van der Waals surface area (Å²) >= 11 is 0. The zero-order valence-corrected chi connectivity index (χ0v) is 18.1. The molecule has 0 unspecified atom stereocenters. The molecule has 1 aromatic carbocycles. The molecule has 2 aromatic rings. The molecule has 0 radical (unpaired) electrons. The number of ketones is 1. The Hall–Kier alpha value is -2.67. The Morgan fingerprint density at radius 2 is 1.97 bits per heavy atom. The quantitative estimate of drug-likeness (QED) is 0.479. The first-order valence-electron chi connectivity index (χ1n) is 10.1. The Bertz CT molecular complexity index is 1010. The average molecular weight is 417 g/mol. The molecule has 2 heterocycles. The molecule has 6 nitrogen and oxygen atoms in total. The van der Waals surface area contributed by atoms with Gasteiger partial charge in [0.2, 0.25) is 5.43 Å². The number of ether oxygens (including phenoxy) is 3. The third-order valence-electron chi connectivity index (χ3n) is 5.51. The van der Waals surface area contributed by atoms with Crippen molar-refractivity contribution in [2.45, 2.75) is 39.7 Å². The van der Waals surface area contributed by atoms with Gasteiger partial charge in [-0.3, -0.25) is 9.59 Å². The largest absolute Gasteiger partial charge is 0.493 e. The fourth-order valence-corrected chi connectivity index (χ4v) is 3.90. The Morgan fingerprint density at radius 3 is 2.57 bits per heavy atom. The second-order valence-electron chi connectivity index (χ2n) is 7.87. The van der Waals surface area contributed by atoms with Gasteiger partial charge in [0.05, 0.1) is 25.0 Å². The number of pyridine rings is 1. The minimum absolute atomic E-state index is 0.101. The minimum Gasteiger partial charge on any atom is -0.493 e. The van der Waals surface area contributed by atoms with E-state index in [1.807, 2.05) is 19.9 Å². The fraction of sp³-hybridized carbons (Fsp3) is 0.478. The highest BCUT2D eigenvalue weighted by molar-refractivity contribution is 5.94. The predicted octanol–water partition coefficient (Wildman–Crippen LogP) is 4.03. The van der Waals surface area contributed by atoms with Crippen LogP contribution in [-0.2, 0) is 11.2 Å². The van der Waals surface area contributed by atoms with Crippen molar-refractivity contribution in [1.29, 1.82) is 0 Å². The van der Waals surface area contributed by atoms with E-state index in [4.69, 9.17) is 14.2 Å². The lowest BCUT2D eigenvalue weighted by atomic mass is 9.86. The molecule has 0 saturated carbocycles. The van der Waals surface area contributed by atoms with Crippen LogP contribution in [0.2, 0.25) is 0 Å². The predicted molar refractivity (Wildman–Crippen MR) is 112 cm³/mol. The van der Waals surface area contributed by atoms with Crippen molar-refractivity contribution < 1.29 is 23.4 Å². The number of nitrogens with zero attached hydrogens (tertiary/aromatic N) is 1. The monoisotopic (exact) mass is 417 g/mol. The molecule has 0 fully saturated rings. The SMILES string of the molecule is COCCCOc1cc2c(cc1OC)-c1c(F)c(=O)c(C(C)=O)cn1[C@H](C(C)C)C2. The summed E-state index contributed by atoms with van der Waals surface area (Å²) in [5, 5.41) is 0. The molecule has 0 aliphatic carbocycles. The summed E-state index contributed by atoms with van der Waals surface area (Å²) in [6.07, 6.45) is 2.85. The summed E-state index contributed by atoms with van der Waals surface area (Å²) in [4.78, 5) is 24.4. The number of methoxy groups -OCH3 is 2. The van der Waals surface area contributed by atoms with Crippen LogP contribution in [0.15, 0.2) is 23.1 Å². The standard InChI is InChI=1S/C23H28FNO5/c1-13(2)18-9-15-10-20(30-8-6-7-28-4)19(29-5)11-16(15)22-21(24)23(27)17(14(3)26)12-25(18)22/h10-13,18H,6-9H2,1-5H3/t18-/m0/s1. The van der Waals surface area contributed by atoms with E-state index in [0.717, 1.165) is 12.0 Å². The van der Waals surface area contributed by atoms with Crippen LogP contribution in [0.5, 0.6) is 11.5 Å². The molecule has 30 heavy (non-hydrogen) atoms. The number of fused-ring (bicyclic) bond motifs is 3. The molecule has 1 aliphatic rings. The van der Waals surface area contributed by atoms with E-state index >= 15 is 4.39 Å². The van der Waals surface area contributed by atoms with Gasteiger partial charge in [-0.15, -0.1) is 0 Å². The van der Waals surface area contributed by atoms with Gasteiger partial charge in [-0.25, -0.2) is 4.39 Å². The maximum absolute atomic E-state index is 15.3. The van der Waals surface area contributed by atoms with E-state index in [0.29, 0.717) is 36.7 Å². The lowest BCUT2D eigenvalue weighted by Gasteiger charge is -2.34. The number of benzene rings is 1. The van der Waals surface area contributed by atoms with E-state index in [9.17, 15) is 9.59 Å². The van der Waals surface area contributed by atoms with Gasteiger partial charge in [-0.1, -0.05) is 13.8 Å². The molecule has 162 valence electrons. The molecular formula is C23H28FNO5. The second-order valence-corrected chi connectivity index (χ2v) is 7.87. The van der Waals surface area contributed by atoms with Crippen molar-refractivity contribution in [2.24, 2.45) is 5.92 Å². The molecule has 0 saturated heterocycles. The zero-order valence-electron chi connectivity index (χ0n) is 18.1. The van der Waals surface area contributed by atoms with Crippen molar-refractivity contribution in [3.8, 4) is 22.8 Å². The van der Waals surface area contributed by atoms with Crippen LogP contribution in [0.4, 0.5) is 4.39 Å². The van der Waals surface area contributed by atoms with Gasteiger partial charge in [-0.05, 0) is 37.0 Å². The van der Waals surface area contributed by atoms with Crippen molar-refractivity contribution in [2.75, 3.05) is 27.4 Å². The van der Waals surface area contributed by atoms with Crippen LogP contribution < -0.4 is 14.9 Å². The van der Waals surface area contributed by atoms with Crippen molar-refractivity contribution in [3.63, 3.8) is 0 Å². The van der Waals surface area contributed by atoms with Gasteiger partial charge in [-0.2, -0.15) is 0 Å². The van der Waals surface area contributed by atoms with Gasteiger partial charge in [0.15, 0.2) is 23.1 Å². The van der Waals surface area contributed by atoms with E-state index < -0.39 is 17.0 Å². The number of carbonyl (C=O) groups is 1. The molecule has 1 atom stereocenters. The first kappa shape index (κ1) is 22.0. The van der Waals surface area contributed by atoms with Gasteiger partial charge >= 0.3 is 0 Å².